The molecular weight excluding hydrogens is 280 g/mol. The summed E-state index contributed by atoms with van der Waals surface area (Å²) in [7, 11) is 1.36. The molecule has 1 amide bonds. The lowest BCUT2D eigenvalue weighted by molar-refractivity contribution is -0.149. The molecule has 0 spiro atoms. The summed E-state index contributed by atoms with van der Waals surface area (Å²) in [4.78, 5) is 36.9. The number of thiazole rings is 1. The molecule has 1 unspecified atom stereocenters. The van der Waals surface area contributed by atoms with Gasteiger partial charge in [0.1, 0.15) is 6.54 Å². The van der Waals surface area contributed by atoms with Gasteiger partial charge in [-0.15, -0.1) is 0 Å². The Labute approximate surface area is 121 Å². The Morgan fingerprint density at radius 1 is 1.50 bits per heavy atom. The maximum atomic E-state index is 12.2. The highest BCUT2D eigenvalue weighted by molar-refractivity contribution is 7.07. The van der Waals surface area contributed by atoms with E-state index in [1.165, 1.54) is 11.7 Å². The van der Waals surface area contributed by atoms with Crippen molar-refractivity contribution in [3.63, 3.8) is 0 Å². The molecule has 1 atom stereocenters. The van der Waals surface area contributed by atoms with Gasteiger partial charge in [0.25, 0.3) is 0 Å². The second-order valence-corrected chi connectivity index (χ2v) is 5.75. The van der Waals surface area contributed by atoms with Crippen LogP contribution in [0, 0.1) is 12.8 Å². The molecule has 20 heavy (non-hydrogen) atoms. The monoisotopic (exact) mass is 298 g/mol. The Kier molecular flexibility index (Phi) is 4.59. The van der Waals surface area contributed by atoms with E-state index >= 15 is 0 Å². The topological polar surface area (TPSA) is 68.6 Å². The Balaban J connectivity index is 2.02. The number of carbonyl (C=O) groups is 2. The van der Waals surface area contributed by atoms with Crippen molar-refractivity contribution in [2.45, 2.75) is 26.3 Å². The lowest BCUT2D eigenvalue weighted by atomic mass is 9.98. The van der Waals surface area contributed by atoms with E-state index in [-0.39, 0.29) is 29.2 Å². The van der Waals surface area contributed by atoms with Gasteiger partial charge in [0.15, 0.2) is 0 Å². The van der Waals surface area contributed by atoms with Gasteiger partial charge < -0.3 is 9.64 Å². The predicted molar refractivity (Wildman–Crippen MR) is 74.6 cm³/mol. The molecule has 1 saturated heterocycles. The zero-order valence-corrected chi connectivity index (χ0v) is 12.4. The molecule has 1 aromatic heterocycles. The standard InChI is InChI=1S/C13H18N2O4S/c1-9-8-20-13(18)15(9)7-11(16)14-5-3-4-10(6-14)12(17)19-2/h8,10H,3-7H2,1-2H3. The fourth-order valence-corrected chi connectivity index (χ4v) is 3.13. The molecule has 1 aliphatic heterocycles. The number of piperidine rings is 1. The normalized spacial score (nSPS) is 18.9. The fraction of sp³-hybridized carbons (Fsp3) is 0.615. The number of rotatable bonds is 3. The van der Waals surface area contributed by atoms with Gasteiger partial charge in [-0.3, -0.25) is 19.0 Å². The minimum absolute atomic E-state index is 0.0437. The number of esters is 1. The van der Waals surface area contributed by atoms with Crippen LogP contribution < -0.4 is 4.87 Å². The molecule has 0 N–H and O–H groups in total. The lowest BCUT2D eigenvalue weighted by Gasteiger charge is -2.31. The smallest absolute Gasteiger partial charge is 0.310 e. The number of hydrogen-bond acceptors (Lipinski definition) is 5. The van der Waals surface area contributed by atoms with E-state index in [4.69, 9.17) is 4.74 Å². The molecule has 0 aromatic carbocycles. The minimum atomic E-state index is -0.272. The summed E-state index contributed by atoms with van der Waals surface area (Å²) >= 11 is 1.09. The number of amides is 1. The zero-order chi connectivity index (χ0) is 14.7. The molecule has 7 heteroatoms. The van der Waals surface area contributed by atoms with Crippen LogP contribution >= 0.6 is 11.3 Å². The van der Waals surface area contributed by atoms with Gasteiger partial charge >= 0.3 is 10.8 Å². The Morgan fingerprint density at radius 3 is 2.85 bits per heavy atom. The van der Waals surface area contributed by atoms with Gasteiger partial charge in [-0.1, -0.05) is 11.3 Å². The highest BCUT2D eigenvalue weighted by Gasteiger charge is 2.29. The first-order chi connectivity index (χ1) is 9.52. The summed E-state index contributed by atoms with van der Waals surface area (Å²) < 4.78 is 6.20. The number of nitrogens with zero attached hydrogens (tertiary/aromatic N) is 2. The third-order valence-electron chi connectivity index (χ3n) is 3.58. The van der Waals surface area contributed by atoms with Crippen LogP contribution in [0.3, 0.4) is 0 Å². The lowest BCUT2D eigenvalue weighted by Crippen LogP contribution is -2.44. The summed E-state index contributed by atoms with van der Waals surface area (Å²) in [5.41, 5.74) is 0.787. The first kappa shape index (κ1) is 14.8. The Bertz CT molecular complexity index is 563. The number of carbonyl (C=O) groups excluding carboxylic acids is 2. The molecule has 1 fully saturated rings. The van der Waals surface area contributed by atoms with Gasteiger partial charge in [0, 0.05) is 24.2 Å². The van der Waals surface area contributed by atoms with Crippen LogP contribution in [0.15, 0.2) is 10.2 Å². The second-order valence-electron chi connectivity index (χ2n) is 4.93. The first-order valence-electron chi connectivity index (χ1n) is 6.53. The van der Waals surface area contributed by atoms with Crippen LogP contribution in [0.4, 0.5) is 0 Å². The molecule has 0 bridgehead atoms. The van der Waals surface area contributed by atoms with E-state index in [9.17, 15) is 14.4 Å². The van der Waals surface area contributed by atoms with Crippen molar-refractivity contribution in [3.8, 4) is 0 Å². The van der Waals surface area contributed by atoms with Gasteiger partial charge in [-0.2, -0.15) is 0 Å². The molecule has 1 aliphatic rings. The van der Waals surface area contributed by atoms with Crippen molar-refractivity contribution in [2.75, 3.05) is 20.2 Å². The maximum absolute atomic E-state index is 12.2. The molecular formula is C13H18N2O4S. The van der Waals surface area contributed by atoms with E-state index in [0.29, 0.717) is 13.1 Å². The minimum Gasteiger partial charge on any atom is -0.469 e. The van der Waals surface area contributed by atoms with E-state index in [1.54, 1.807) is 17.2 Å². The predicted octanol–water partition coefficient (Wildman–Crippen LogP) is 0.630. The van der Waals surface area contributed by atoms with Crippen molar-refractivity contribution in [2.24, 2.45) is 5.92 Å². The van der Waals surface area contributed by atoms with Crippen LogP contribution in [0.5, 0.6) is 0 Å². The molecule has 0 saturated carbocycles. The number of aromatic nitrogens is 1. The molecule has 1 aromatic rings. The van der Waals surface area contributed by atoms with Crippen molar-refractivity contribution in [1.29, 1.82) is 0 Å². The van der Waals surface area contributed by atoms with Crippen molar-refractivity contribution < 1.29 is 14.3 Å². The molecule has 2 heterocycles. The Hall–Kier alpha value is -1.63. The third kappa shape index (κ3) is 3.09. The fourth-order valence-electron chi connectivity index (χ4n) is 2.39. The van der Waals surface area contributed by atoms with Crippen molar-refractivity contribution >= 4 is 23.2 Å². The molecule has 0 radical (unpaired) electrons. The summed E-state index contributed by atoms with van der Waals surface area (Å²) in [5, 5.41) is 1.74. The summed E-state index contributed by atoms with van der Waals surface area (Å²) in [5.74, 6) is -0.647. The summed E-state index contributed by atoms with van der Waals surface area (Å²) in [6.07, 6.45) is 1.52. The number of methoxy groups -OCH3 is 1. The zero-order valence-electron chi connectivity index (χ0n) is 11.6. The highest BCUT2D eigenvalue weighted by atomic mass is 32.1. The van der Waals surface area contributed by atoms with Crippen LogP contribution in [0.1, 0.15) is 18.5 Å². The van der Waals surface area contributed by atoms with E-state index < -0.39 is 0 Å². The van der Waals surface area contributed by atoms with Crippen molar-refractivity contribution in [3.05, 3.63) is 20.7 Å². The van der Waals surface area contributed by atoms with Gasteiger partial charge in [-0.05, 0) is 19.8 Å². The number of ether oxygens (including phenoxy) is 1. The summed E-state index contributed by atoms with van der Waals surface area (Å²) in [6.45, 7) is 2.86. The van der Waals surface area contributed by atoms with Gasteiger partial charge in [0.2, 0.25) is 5.91 Å². The SMILES string of the molecule is COC(=O)C1CCCN(C(=O)Cn2c(C)csc2=O)C1. The average molecular weight is 298 g/mol. The highest BCUT2D eigenvalue weighted by Crippen LogP contribution is 2.18. The summed E-state index contributed by atoms with van der Waals surface area (Å²) in [6, 6.07) is 0. The quantitative estimate of drug-likeness (QED) is 0.768. The van der Waals surface area contributed by atoms with Crippen molar-refractivity contribution in [1.82, 2.24) is 9.47 Å². The van der Waals surface area contributed by atoms with E-state index in [2.05, 4.69) is 0 Å². The van der Waals surface area contributed by atoms with Gasteiger partial charge in [-0.25, -0.2) is 0 Å². The van der Waals surface area contributed by atoms with Crippen LogP contribution in [0.25, 0.3) is 0 Å². The Morgan fingerprint density at radius 2 is 2.25 bits per heavy atom. The number of hydrogen-bond donors (Lipinski definition) is 0. The van der Waals surface area contributed by atoms with Gasteiger partial charge in [0.05, 0.1) is 13.0 Å². The van der Waals surface area contributed by atoms with Crippen LogP contribution in [0.2, 0.25) is 0 Å². The number of aryl methyl sites for hydroxylation is 1. The van der Waals surface area contributed by atoms with E-state index in [1.807, 2.05) is 0 Å². The first-order valence-corrected chi connectivity index (χ1v) is 7.41. The third-order valence-corrected chi connectivity index (χ3v) is 4.46. The van der Waals surface area contributed by atoms with E-state index in [0.717, 1.165) is 29.9 Å². The molecule has 6 nitrogen and oxygen atoms in total. The maximum Gasteiger partial charge on any atom is 0.310 e. The van der Waals surface area contributed by atoms with Crippen LogP contribution in [-0.4, -0.2) is 41.5 Å². The molecule has 2 rings (SSSR count). The molecule has 0 aliphatic carbocycles. The average Bonchev–Trinajstić information content (AvgIpc) is 2.78. The number of likely N-dealkylation sites (tertiary alicyclic amines) is 1. The molecule has 110 valence electrons. The second kappa shape index (κ2) is 6.21. The largest absolute Gasteiger partial charge is 0.469 e. The van der Waals surface area contributed by atoms with Crippen LogP contribution in [-0.2, 0) is 20.9 Å².